The van der Waals surface area contributed by atoms with Gasteiger partial charge < -0.3 is 10.6 Å². The molecule has 1 aliphatic rings. The lowest BCUT2D eigenvalue weighted by Gasteiger charge is -2.22. The number of piperidine rings is 1. The van der Waals surface area contributed by atoms with Crippen molar-refractivity contribution >= 4 is 42.1 Å². The molecule has 2 N–H and O–H groups in total. The molecule has 4 heterocycles. The van der Waals surface area contributed by atoms with E-state index in [-0.39, 0.29) is 30.7 Å². The predicted octanol–water partition coefficient (Wildman–Crippen LogP) is 2.54. The predicted molar refractivity (Wildman–Crippen MR) is 117 cm³/mol. The molecule has 0 bridgehead atoms. The van der Waals surface area contributed by atoms with Crippen LogP contribution in [-0.2, 0) is 6.42 Å². The highest BCUT2D eigenvalue weighted by molar-refractivity contribution is 7.09. The number of hydrogen-bond acceptors (Lipinski definition) is 7. The van der Waals surface area contributed by atoms with Crippen LogP contribution in [0.5, 0.6) is 0 Å². The fourth-order valence-corrected chi connectivity index (χ4v) is 3.85. The average Bonchev–Trinajstić information content (AvgIpc) is 3.39. The second kappa shape index (κ2) is 11.2. The number of pyridine rings is 1. The lowest BCUT2D eigenvalue weighted by molar-refractivity contribution is 0.0949. The van der Waals surface area contributed by atoms with Crippen LogP contribution in [0.2, 0.25) is 0 Å². The van der Waals surface area contributed by atoms with Crippen molar-refractivity contribution in [3.8, 4) is 11.4 Å². The number of hydrogen-bond donors (Lipinski definition) is 2. The Kier molecular flexibility index (Phi) is 8.97. The van der Waals surface area contributed by atoms with Gasteiger partial charge in [0.05, 0.1) is 28.6 Å². The average molecular weight is 456 g/mol. The number of aromatic nitrogens is 5. The lowest BCUT2D eigenvalue weighted by atomic mass is 10.1. The van der Waals surface area contributed by atoms with Crippen molar-refractivity contribution in [2.24, 2.45) is 0 Å². The van der Waals surface area contributed by atoms with Crippen molar-refractivity contribution in [1.29, 1.82) is 0 Å². The molecule has 0 atom stereocenters. The van der Waals surface area contributed by atoms with E-state index in [0.717, 1.165) is 42.3 Å². The zero-order valence-corrected chi connectivity index (χ0v) is 18.1. The Labute approximate surface area is 185 Å². The van der Waals surface area contributed by atoms with E-state index in [9.17, 15) is 4.79 Å². The highest BCUT2D eigenvalue weighted by Crippen LogP contribution is 2.20. The van der Waals surface area contributed by atoms with Crippen LogP contribution >= 0.6 is 36.2 Å². The molecule has 156 valence electrons. The fraction of sp³-hybridized carbons (Fsp3) is 0.389. The maximum atomic E-state index is 12.3. The number of halogens is 2. The first-order valence-corrected chi connectivity index (χ1v) is 9.94. The summed E-state index contributed by atoms with van der Waals surface area (Å²) in [5.41, 5.74) is 2.09. The molecule has 0 aromatic carbocycles. The molecular weight excluding hydrogens is 433 g/mol. The van der Waals surface area contributed by atoms with E-state index in [1.165, 1.54) is 0 Å². The number of carbonyl (C=O) groups excluding carboxylic acids is 1. The summed E-state index contributed by atoms with van der Waals surface area (Å²) in [6, 6.07) is 6.08. The van der Waals surface area contributed by atoms with Crippen LogP contribution in [0.25, 0.3) is 11.4 Å². The first-order valence-electron chi connectivity index (χ1n) is 9.06. The molecule has 0 aliphatic carbocycles. The van der Waals surface area contributed by atoms with Gasteiger partial charge in [0, 0.05) is 24.5 Å². The van der Waals surface area contributed by atoms with Crippen molar-refractivity contribution in [1.82, 2.24) is 35.6 Å². The van der Waals surface area contributed by atoms with E-state index in [0.29, 0.717) is 24.7 Å². The number of nitrogens with zero attached hydrogens (tertiary/aromatic N) is 5. The molecule has 4 rings (SSSR count). The quantitative estimate of drug-likeness (QED) is 0.592. The zero-order chi connectivity index (χ0) is 18.5. The monoisotopic (exact) mass is 455 g/mol. The van der Waals surface area contributed by atoms with E-state index in [4.69, 9.17) is 0 Å². The Bertz CT molecular complexity index is 897. The molecule has 1 amide bonds. The minimum absolute atomic E-state index is 0. The molecule has 0 saturated carbocycles. The normalized spacial score (nSPS) is 13.9. The van der Waals surface area contributed by atoms with Gasteiger partial charge in [-0.05, 0) is 38.1 Å². The molecular formula is C18H23Cl2N7OS. The first-order chi connectivity index (χ1) is 13.3. The van der Waals surface area contributed by atoms with Crippen LogP contribution < -0.4 is 10.6 Å². The minimum Gasteiger partial charge on any atom is -0.350 e. The molecule has 1 fully saturated rings. The van der Waals surface area contributed by atoms with Gasteiger partial charge in [-0.1, -0.05) is 11.3 Å². The summed E-state index contributed by atoms with van der Waals surface area (Å²) < 4.78 is 1.82. The summed E-state index contributed by atoms with van der Waals surface area (Å²) in [6.07, 6.45) is 6.19. The molecule has 3 aromatic heterocycles. The molecule has 29 heavy (non-hydrogen) atoms. The molecule has 11 heteroatoms. The van der Waals surface area contributed by atoms with E-state index in [1.807, 2.05) is 28.3 Å². The zero-order valence-electron chi connectivity index (χ0n) is 15.7. The highest BCUT2D eigenvalue weighted by atomic mass is 35.5. The molecule has 1 aliphatic heterocycles. The van der Waals surface area contributed by atoms with Gasteiger partial charge in [0.1, 0.15) is 0 Å². The number of amides is 1. The van der Waals surface area contributed by atoms with Crippen LogP contribution in [0.4, 0.5) is 0 Å². The standard InChI is InChI=1S/C18H21N7OS.2ClH/c26-18(15-11-25(24-23-15)13-4-8-19-9-5-13)21-10-6-17-22-16(12-27-17)14-3-1-2-7-20-14;;/h1-3,7,11-13,19H,4-6,8-10H2,(H,21,26);2*1H. The van der Waals surface area contributed by atoms with E-state index in [2.05, 4.69) is 30.9 Å². The Morgan fingerprint density at radius 1 is 1.24 bits per heavy atom. The van der Waals surface area contributed by atoms with Crippen LogP contribution in [0.3, 0.4) is 0 Å². The minimum atomic E-state index is -0.198. The molecule has 0 radical (unpaired) electrons. The van der Waals surface area contributed by atoms with Gasteiger partial charge in [-0.3, -0.25) is 9.78 Å². The van der Waals surface area contributed by atoms with Crippen molar-refractivity contribution in [3.63, 3.8) is 0 Å². The van der Waals surface area contributed by atoms with Crippen molar-refractivity contribution in [2.45, 2.75) is 25.3 Å². The summed E-state index contributed by atoms with van der Waals surface area (Å²) in [5.74, 6) is -0.198. The van der Waals surface area contributed by atoms with Gasteiger partial charge in [-0.2, -0.15) is 0 Å². The Hall–Kier alpha value is -2.07. The number of thiazole rings is 1. The summed E-state index contributed by atoms with van der Waals surface area (Å²) in [4.78, 5) is 21.2. The highest BCUT2D eigenvalue weighted by Gasteiger charge is 2.18. The largest absolute Gasteiger partial charge is 0.350 e. The van der Waals surface area contributed by atoms with Crippen molar-refractivity contribution in [2.75, 3.05) is 19.6 Å². The maximum absolute atomic E-state index is 12.3. The Morgan fingerprint density at radius 3 is 2.83 bits per heavy atom. The number of carbonyl (C=O) groups is 1. The summed E-state index contributed by atoms with van der Waals surface area (Å²) in [5, 5.41) is 17.3. The van der Waals surface area contributed by atoms with Gasteiger partial charge in [0.25, 0.3) is 5.91 Å². The van der Waals surface area contributed by atoms with Gasteiger partial charge in [0.2, 0.25) is 0 Å². The summed E-state index contributed by atoms with van der Waals surface area (Å²) >= 11 is 1.57. The third-order valence-electron chi connectivity index (χ3n) is 4.53. The second-order valence-electron chi connectivity index (χ2n) is 6.41. The molecule has 3 aromatic rings. The van der Waals surface area contributed by atoms with Crippen LogP contribution in [0.15, 0.2) is 36.0 Å². The maximum Gasteiger partial charge on any atom is 0.273 e. The van der Waals surface area contributed by atoms with Gasteiger partial charge >= 0.3 is 0 Å². The Morgan fingerprint density at radius 2 is 2.07 bits per heavy atom. The van der Waals surface area contributed by atoms with Gasteiger partial charge in [-0.25, -0.2) is 9.67 Å². The van der Waals surface area contributed by atoms with Crippen LogP contribution in [-0.4, -0.2) is 50.5 Å². The fourth-order valence-electron chi connectivity index (χ4n) is 3.06. The molecule has 8 nitrogen and oxygen atoms in total. The summed E-state index contributed by atoms with van der Waals surface area (Å²) in [6.45, 7) is 2.45. The van der Waals surface area contributed by atoms with Crippen molar-refractivity contribution in [3.05, 3.63) is 46.7 Å². The van der Waals surface area contributed by atoms with E-state index >= 15 is 0 Å². The topological polar surface area (TPSA) is 97.6 Å². The molecule has 0 unspecified atom stereocenters. The summed E-state index contributed by atoms with van der Waals surface area (Å²) in [7, 11) is 0. The Balaban J connectivity index is 0.00000150. The third-order valence-corrected chi connectivity index (χ3v) is 5.44. The van der Waals surface area contributed by atoms with Crippen LogP contribution in [0.1, 0.15) is 34.4 Å². The third kappa shape index (κ3) is 5.96. The van der Waals surface area contributed by atoms with E-state index < -0.39 is 0 Å². The smallest absolute Gasteiger partial charge is 0.273 e. The number of rotatable bonds is 6. The van der Waals surface area contributed by atoms with Gasteiger partial charge in [0.15, 0.2) is 5.69 Å². The number of nitrogens with one attached hydrogen (secondary N) is 2. The van der Waals surface area contributed by atoms with E-state index in [1.54, 1.807) is 23.7 Å². The second-order valence-corrected chi connectivity index (χ2v) is 7.35. The lowest BCUT2D eigenvalue weighted by Crippen LogP contribution is -2.29. The molecule has 1 saturated heterocycles. The van der Waals surface area contributed by atoms with Gasteiger partial charge in [-0.15, -0.1) is 41.2 Å². The van der Waals surface area contributed by atoms with Crippen LogP contribution in [0, 0.1) is 0 Å². The first kappa shape index (κ1) is 23.2. The SMILES string of the molecule is Cl.Cl.O=C(NCCc1nc(-c2ccccn2)cs1)c1cn(C2CCNCC2)nn1. The molecule has 0 spiro atoms. The van der Waals surface area contributed by atoms with Crippen molar-refractivity contribution < 1.29 is 4.79 Å².